The summed E-state index contributed by atoms with van der Waals surface area (Å²) >= 11 is 0. The van der Waals surface area contributed by atoms with E-state index in [9.17, 15) is 5.11 Å². The standard InChI is InChI=1S/C13H21NO2/c1-4-5-12(15)7-6-11-9-13(16-3)8-10(2)14-11/h8-9,12,15H,4-7H2,1-3H3. The predicted molar refractivity (Wildman–Crippen MR) is 64.8 cm³/mol. The van der Waals surface area contributed by atoms with Gasteiger partial charge >= 0.3 is 0 Å². The van der Waals surface area contributed by atoms with Gasteiger partial charge in [0.2, 0.25) is 0 Å². The summed E-state index contributed by atoms with van der Waals surface area (Å²) in [6, 6.07) is 3.84. The molecule has 0 aliphatic carbocycles. The molecule has 0 aliphatic heterocycles. The van der Waals surface area contributed by atoms with Crippen molar-refractivity contribution in [2.45, 2.75) is 45.6 Å². The Morgan fingerprint density at radius 1 is 1.38 bits per heavy atom. The molecule has 0 bridgehead atoms. The van der Waals surface area contributed by atoms with E-state index in [1.807, 2.05) is 19.1 Å². The third-order valence-electron chi connectivity index (χ3n) is 2.57. The van der Waals surface area contributed by atoms with Crippen molar-refractivity contribution in [3.63, 3.8) is 0 Å². The van der Waals surface area contributed by atoms with Gasteiger partial charge in [0.15, 0.2) is 0 Å². The fraction of sp³-hybridized carbons (Fsp3) is 0.615. The monoisotopic (exact) mass is 223 g/mol. The Morgan fingerprint density at radius 2 is 2.12 bits per heavy atom. The third kappa shape index (κ3) is 4.19. The van der Waals surface area contributed by atoms with Crippen molar-refractivity contribution in [2.24, 2.45) is 0 Å². The Hall–Kier alpha value is -1.09. The minimum Gasteiger partial charge on any atom is -0.497 e. The summed E-state index contributed by atoms with van der Waals surface area (Å²) in [4.78, 5) is 4.42. The number of aryl methyl sites for hydroxylation is 2. The van der Waals surface area contributed by atoms with Gasteiger partial charge in [-0.05, 0) is 26.2 Å². The third-order valence-corrected chi connectivity index (χ3v) is 2.57. The number of hydrogen-bond donors (Lipinski definition) is 1. The van der Waals surface area contributed by atoms with E-state index in [0.29, 0.717) is 0 Å². The largest absolute Gasteiger partial charge is 0.497 e. The second kappa shape index (κ2) is 6.48. The van der Waals surface area contributed by atoms with Gasteiger partial charge in [0.25, 0.3) is 0 Å². The molecule has 0 saturated heterocycles. The van der Waals surface area contributed by atoms with Crippen molar-refractivity contribution >= 4 is 0 Å². The first-order valence-electron chi connectivity index (χ1n) is 5.85. The van der Waals surface area contributed by atoms with Gasteiger partial charge in [-0.15, -0.1) is 0 Å². The van der Waals surface area contributed by atoms with Crippen LogP contribution < -0.4 is 4.74 Å². The van der Waals surface area contributed by atoms with Crippen molar-refractivity contribution in [2.75, 3.05) is 7.11 Å². The summed E-state index contributed by atoms with van der Waals surface area (Å²) in [5.41, 5.74) is 1.95. The maximum Gasteiger partial charge on any atom is 0.122 e. The molecule has 1 atom stereocenters. The molecular weight excluding hydrogens is 202 g/mol. The lowest BCUT2D eigenvalue weighted by atomic mass is 10.1. The minimum atomic E-state index is -0.210. The number of methoxy groups -OCH3 is 1. The highest BCUT2D eigenvalue weighted by Crippen LogP contribution is 2.15. The topological polar surface area (TPSA) is 42.4 Å². The SMILES string of the molecule is CCCC(O)CCc1cc(OC)cc(C)n1. The summed E-state index contributed by atoms with van der Waals surface area (Å²) in [5, 5.41) is 9.65. The highest BCUT2D eigenvalue weighted by atomic mass is 16.5. The van der Waals surface area contributed by atoms with E-state index in [-0.39, 0.29) is 6.10 Å². The van der Waals surface area contributed by atoms with Crippen LogP contribution in [0.1, 0.15) is 37.6 Å². The Labute approximate surface area is 97.5 Å². The molecule has 3 heteroatoms. The molecule has 16 heavy (non-hydrogen) atoms. The van der Waals surface area contributed by atoms with Crippen molar-refractivity contribution in [3.8, 4) is 5.75 Å². The lowest BCUT2D eigenvalue weighted by Crippen LogP contribution is -2.08. The number of hydrogen-bond acceptors (Lipinski definition) is 3. The molecule has 1 rings (SSSR count). The lowest BCUT2D eigenvalue weighted by Gasteiger charge is -2.09. The Bertz CT molecular complexity index is 326. The van der Waals surface area contributed by atoms with Gasteiger partial charge in [-0.3, -0.25) is 4.98 Å². The van der Waals surface area contributed by atoms with E-state index in [0.717, 1.165) is 42.8 Å². The van der Waals surface area contributed by atoms with Crippen LogP contribution in [0.4, 0.5) is 0 Å². The van der Waals surface area contributed by atoms with E-state index in [4.69, 9.17) is 4.74 Å². The number of nitrogens with zero attached hydrogens (tertiary/aromatic N) is 1. The smallest absolute Gasteiger partial charge is 0.122 e. The molecule has 0 fully saturated rings. The summed E-state index contributed by atoms with van der Waals surface area (Å²) in [7, 11) is 1.66. The molecule has 1 N–H and O–H groups in total. The molecule has 1 heterocycles. The van der Waals surface area contributed by atoms with Gasteiger partial charge in [-0.25, -0.2) is 0 Å². The molecule has 90 valence electrons. The summed E-state index contributed by atoms with van der Waals surface area (Å²) in [5.74, 6) is 0.840. The van der Waals surface area contributed by atoms with Crippen LogP contribution in [0.5, 0.6) is 5.75 Å². The zero-order chi connectivity index (χ0) is 12.0. The van der Waals surface area contributed by atoms with Crippen LogP contribution in [0.3, 0.4) is 0 Å². The van der Waals surface area contributed by atoms with E-state index in [1.165, 1.54) is 0 Å². The molecule has 0 spiro atoms. The molecule has 0 saturated carbocycles. The Morgan fingerprint density at radius 3 is 2.75 bits per heavy atom. The number of pyridine rings is 1. The second-order valence-corrected chi connectivity index (χ2v) is 4.12. The maximum absolute atomic E-state index is 9.65. The zero-order valence-electron chi connectivity index (χ0n) is 10.4. The molecule has 1 aromatic heterocycles. The highest BCUT2D eigenvalue weighted by Gasteiger charge is 2.05. The normalized spacial score (nSPS) is 12.5. The number of ether oxygens (including phenoxy) is 1. The van der Waals surface area contributed by atoms with Gasteiger partial charge in [-0.1, -0.05) is 13.3 Å². The van der Waals surface area contributed by atoms with Gasteiger partial charge in [0.1, 0.15) is 5.75 Å². The van der Waals surface area contributed by atoms with Gasteiger partial charge in [0.05, 0.1) is 13.2 Å². The van der Waals surface area contributed by atoms with Crippen LogP contribution in [-0.2, 0) is 6.42 Å². The van der Waals surface area contributed by atoms with Gasteiger partial charge in [-0.2, -0.15) is 0 Å². The quantitative estimate of drug-likeness (QED) is 0.805. The van der Waals surface area contributed by atoms with Crippen LogP contribution in [-0.4, -0.2) is 23.3 Å². The van der Waals surface area contributed by atoms with E-state index >= 15 is 0 Å². The Balaban J connectivity index is 2.56. The molecular formula is C13H21NO2. The van der Waals surface area contributed by atoms with Crippen LogP contribution in [0.25, 0.3) is 0 Å². The fourth-order valence-electron chi connectivity index (χ4n) is 1.74. The molecule has 0 aliphatic rings. The van der Waals surface area contributed by atoms with Crippen molar-refractivity contribution in [1.29, 1.82) is 0 Å². The number of aliphatic hydroxyl groups is 1. The van der Waals surface area contributed by atoms with E-state index in [2.05, 4.69) is 11.9 Å². The molecule has 0 amide bonds. The molecule has 0 radical (unpaired) electrons. The van der Waals surface area contributed by atoms with Crippen molar-refractivity contribution in [1.82, 2.24) is 4.98 Å². The molecule has 1 unspecified atom stereocenters. The average Bonchev–Trinajstić information content (AvgIpc) is 2.26. The van der Waals surface area contributed by atoms with Crippen LogP contribution in [0.15, 0.2) is 12.1 Å². The Kier molecular flexibility index (Phi) is 5.26. The predicted octanol–water partition coefficient (Wildman–Crippen LogP) is 2.49. The van der Waals surface area contributed by atoms with Gasteiger partial charge in [0, 0.05) is 23.5 Å². The summed E-state index contributed by atoms with van der Waals surface area (Å²) in [6.45, 7) is 4.03. The van der Waals surface area contributed by atoms with Crippen LogP contribution in [0, 0.1) is 6.92 Å². The molecule has 3 nitrogen and oxygen atoms in total. The number of aliphatic hydroxyl groups excluding tert-OH is 1. The van der Waals surface area contributed by atoms with E-state index < -0.39 is 0 Å². The lowest BCUT2D eigenvalue weighted by molar-refractivity contribution is 0.153. The summed E-state index contributed by atoms with van der Waals surface area (Å²) < 4.78 is 5.19. The van der Waals surface area contributed by atoms with E-state index in [1.54, 1.807) is 7.11 Å². The van der Waals surface area contributed by atoms with Crippen LogP contribution in [0.2, 0.25) is 0 Å². The fourth-order valence-corrected chi connectivity index (χ4v) is 1.74. The minimum absolute atomic E-state index is 0.210. The second-order valence-electron chi connectivity index (χ2n) is 4.12. The first-order chi connectivity index (χ1) is 7.65. The first kappa shape index (κ1) is 13.0. The number of aromatic nitrogens is 1. The van der Waals surface area contributed by atoms with Gasteiger partial charge < -0.3 is 9.84 Å². The molecule has 0 aromatic carbocycles. The van der Waals surface area contributed by atoms with Crippen molar-refractivity contribution in [3.05, 3.63) is 23.5 Å². The number of rotatable bonds is 6. The molecule has 1 aromatic rings. The zero-order valence-corrected chi connectivity index (χ0v) is 10.4. The first-order valence-corrected chi connectivity index (χ1v) is 5.85. The van der Waals surface area contributed by atoms with Crippen LogP contribution >= 0.6 is 0 Å². The van der Waals surface area contributed by atoms with Crippen molar-refractivity contribution < 1.29 is 9.84 Å². The maximum atomic E-state index is 9.65. The average molecular weight is 223 g/mol. The summed E-state index contributed by atoms with van der Waals surface area (Å²) in [6.07, 6.45) is 3.25. The highest BCUT2D eigenvalue weighted by molar-refractivity contribution is 5.26.